The number of pyridine rings is 1. The van der Waals surface area contributed by atoms with Crippen LogP contribution in [-0.4, -0.2) is 19.2 Å². The van der Waals surface area contributed by atoms with Crippen molar-refractivity contribution < 1.29 is 8.42 Å². The van der Waals surface area contributed by atoms with Crippen LogP contribution < -0.4 is 4.72 Å². The average molecular weight is 329 g/mol. The second-order valence-corrected chi connectivity index (χ2v) is 6.62. The van der Waals surface area contributed by atoms with E-state index in [1.54, 1.807) is 6.20 Å². The minimum Gasteiger partial charge on any atom is -0.267 e. The average Bonchev–Trinajstić information content (AvgIpc) is 2.33. The molecule has 0 radical (unpaired) electrons. The van der Waals surface area contributed by atoms with Crippen LogP contribution in [0, 0.1) is 0 Å². The van der Waals surface area contributed by atoms with Gasteiger partial charge < -0.3 is 0 Å². The lowest BCUT2D eigenvalue weighted by Gasteiger charge is -2.09. The van der Waals surface area contributed by atoms with E-state index in [0.717, 1.165) is 15.2 Å². The van der Waals surface area contributed by atoms with Crippen molar-refractivity contribution >= 4 is 42.5 Å². The maximum Gasteiger partial charge on any atom is 0.233 e. The summed E-state index contributed by atoms with van der Waals surface area (Å²) in [4.78, 5) is 4.14. The first-order chi connectivity index (χ1) is 8.53. The summed E-state index contributed by atoms with van der Waals surface area (Å²) in [5.74, 6) is 0.473. The summed E-state index contributed by atoms with van der Waals surface area (Å²) in [6.45, 7) is 1.83. The molecule has 6 heteroatoms. The Morgan fingerprint density at radius 2 is 1.94 bits per heavy atom. The van der Waals surface area contributed by atoms with E-state index in [1.165, 1.54) is 0 Å². The first kappa shape index (κ1) is 13.3. The van der Waals surface area contributed by atoms with Gasteiger partial charge in [-0.1, -0.05) is 31.2 Å². The van der Waals surface area contributed by atoms with Crippen LogP contribution >= 0.6 is 15.9 Å². The number of hydrogen-bond acceptors (Lipinski definition) is 3. The van der Waals surface area contributed by atoms with Gasteiger partial charge in [-0.25, -0.2) is 13.4 Å². The number of benzene rings is 1. The van der Waals surface area contributed by atoms with Gasteiger partial charge in [-0.05, 0) is 22.4 Å². The quantitative estimate of drug-likeness (QED) is 0.937. The zero-order valence-corrected chi connectivity index (χ0v) is 12.3. The van der Waals surface area contributed by atoms with E-state index in [2.05, 4.69) is 25.6 Å². The zero-order valence-electron chi connectivity index (χ0n) is 9.85. The predicted octanol–water partition coefficient (Wildman–Crippen LogP) is 3.15. The number of fused-ring (bicyclic) bond motifs is 1. The largest absolute Gasteiger partial charge is 0.267 e. The number of anilines is 1. The Labute approximate surface area is 115 Å². The first-order valence-electron chi connectivity index (χ1n) is 5.57. The smallest absolute Gasteiger partial charge is 0.233 e. The zero-order chi connectivity index (χ0) is 13.2. The highest BCUT2D eigenvalue weighted by Crippen LogP contribution is 2.28. The van der Waals surface area contributed by atoms with Gasteiger partial charge in [-0.15, -0.1) is 0 Å². The number of hydrogen-bond donors (Lipinski definition) is 1. The van der Waals surface area contributed by atoms with Gasteiger partial charge in [0, 0.05) is 21.4 Å². The molecule has 0 aliphatic heterocycles. The molecule has 18 heavy (non-hydrogen) atoms. The molecule has 1 aromatic heterocycles. The fourth-order valence-corrected chi connectivity index (χ4v) is 3.25. The highest BCUT2D eigenvalue weighted by atomic mass is 79.9. The molecular weight excluding hydrogens is 316 g/mol. The van der Waals surface area contributed by atoms with E-state index >= 15 is 0 Å². The number of halogens is 1. The Balaban J connectivity index is 2.50. The Morgan fingerprint density at radius 3 is 2.61 bits per heavy atom. The van der Waals surface area contributed by atoms with Crippen molar-refractivity contribution in [2.75, 3.05) is 10.5 Å². The maximum absolute atomic E-state index is 11.8. The molecule has 96 valence electrons. The summed E-state index contributed by atoms with van der Waals surface area (Å²) >= 11 is 3.40. The molecule has 2 aromatic rings. The first-order valence-corrected chi connectivity index (χ1v) is 8.02. The van der Waals surface area contributed by atoms with Gasteiger partial charge in [0.15, 0.2) is 0 Å². The van der Waals surface area contributed by atoms with E-state index in [4.69, 9.17) is 0 Å². The van der Waals surface area contributed by atoms with Crippen molar-refractivity contribution in [2.45, 2.75) is 13.3 Å². The van der Waals surface area contributed by atoms with E-state index in [0.29, 0.717) is 12.2 Å². The third kappa shape index (κ3) is 2.81. The summed E-state index contributed by atoms with van der Waals surface area (Å²) in [7, 11) is -3.32. The van der Waals surface area contributed by atoms with Crippen molar-refractivity contribution in [3.8, 4) is 0 Å². The van der Waals surface area contributed by atoms with Crippen LogP contribution in [0.25, 0.3) is 10.8 Å². The molecule has 0 atom stereocenters. The molecule has 1 N–H and O–H groups in total. The molecule has 0 amide bonds. The molecule has 1 aromatic carbocycles. The summed E-state index contributed by atoms with van der Waals surface area (Å²) in [5, 5.41) is 1.72. The number of aromatic nitrogens is 1. The second-order valence-electron chi connectivity index (χ2n) is 3.92. The fourth-order valence-electron chi connectivity index (χ4n) is 1.71. The number of nitrogens with one attached hydrogen (secondary N) is 1. The second kappa shape index (κ2) is 5.24. The fraction of sp³-hybridized carbons (Fsp3) is 0.250. The number of sulfonamides is 1. The highest BCUT2D eigenvalue weighted by Gasteiger charge is 2.12. The Bertz CT molecular complexity index is 671. The molecule has 0 aliphatic carbocycles. The Kier molecular flexibility index (Phi) is 3.87. The Hall–Kier alpha value is -1.14. The van der Waals surface area contributed by atoms with Gasteiger partial charge in [0.1, 0.15) is 5.82 Å². The minimum absolute atomic E-state index is 0.0963. The molecule has 0 fully saturated rings. The van der Waals surface area contributed by atoms with E-state index in [1.807, 2.05) is 31.2 Å². The molecule has 2 rings (SSSR count). The maximum atomic E-state index is 11.8. The van der Waals surface area contributed by atoms with Crippen LogP contribution in [0.1, 0.15) is 13.3 Å². The van der Waals surface area contributed by atoms with Crippen molar-refractivity contribution in [3.63, 3.8) is 0 Å². The van der Waals surface area contributed by atoms with Crippen LogP contribution in [0.4, 0.5) is 5.82 Å². The van der Waals surface area contributed by atoms with Gasteiger partial charge in [0.2, 0.25) is 10.0 Å². The monoisotopic (exact) mass is 328 g/mol. The molecule has 0 bridgehead atoms. The lowest BCUT2D eigenvalue weighted by molar-refractivity contribution is 0.599. The molecule has 0 unspecified atom stereocenters. The third-order valence-electron chi connectivity index (χ3n) is 2.47. The topological polar surface area (TPSA) is 59.1 Å². The molecule has 0 saturated carbocycles. The van der Waals surface area contributed by atoms with Crippen LogP contribution in [-0.2, 0) is 10.0 Å². The molecule has 0 spiro atoms. The SMILES string of the molecule is CCCS(=O)(=O)Nc1ncc(Br)c2ccccc12. The van der Waals surface area contributed by atoms with E-state index in [9.17, 15) is 8.42 Å². The molecule has 1 heterocycles. The summed E-state index contributed by atoms with van der Waals surface area (Å²) in [6, 6.07) is 7.51. The number of nitrogens with zero attached hydrogens (tertiary/aromatic N) is 1. The minimum atomic E-state index is -3.32. The number of rotatable bonds is 4. The summed E-state index contributed by atoms with van der Waals surface area (Å²) in [5.41, 5.74) is 0. The Morgan fingerprint density at radius 1 is 1.28 bits per heavy atom. The lowest BCUT2D eigenvalue weighted by Crippen LogP contribution is -2.17. The molecule has 0 saturated heterocycles. The van der Waals surface area contributed by atoms with Crippen molar-refractivity contribution in [2.24, 2.45) is 0 Å². The van der Waals surface area contributed by atoms with Crippen LogP contribution in [0.5, 0.6) is 0 Å². The van der Waals surface area contributed by atoms with Gasteiger partial charge in [0.25, 0.3) is 0 Å². The molecular formula is C12H13BrN2O2S. The van der Waals surface area contributed by atoms with Crippen molar-refractivity contribution in [1.82, 2.24) is 4.98 Å². The third-order valence-corrected chi connectivity index (χ3v) is 4.55. The highest BCUT2D eigenvalue weighted by molar-refractivity contribution is 9.10. The molecule has 4 nitrogen and oxygen atoms in total. The van der Waals surface area contributed by atoms with E-state index in [-0.39, 0.29) is 5.75 Å². The van der Waals surface area contributed by atoms with Gasteiger partial charge in [-0.3, -0.25) is 4.72 Å². The van der Waals surface area contributed by atoms with Crippen LogP contribution in [0.15, 0.2) is 34.9 Å². The molecule has 0 aliphatic rings. The lowest BCUT2D eigenvalue weighted by atomic mass is 10.2. The van der Waals surface area contributed by atoms with Crippen LogP contribution in [0.3, 0.4) is 0 Å². The van der Waals surface area contributed by atoms with Gasteiger partial charge in [-0.2, -0.15) is 0 Å². The van der Waals surface area contributed by atoms with Gasteiger partial charge in [0.05, 0.1) is 5.75 Å². The van der Waals surface area contributed by atoms with Crippen molar-refractivity contribution in [3.05, 3.63) is 34.9 Å². The van der Waals surface area contributed by atoms with Gasteiger partial charge >= 0.3 is 0 Å². The standard InChI is InChI=1S/C12H13BrN2O2S/c1-2-7-18(16,17)15-12-10-6-4-3-5-9(10)11(13)8-14-12/h3-6,8H,2,7H2,1H3,(H,14,15). The summed E-state index contributed by atoms with van der Waals surface area (Å²) < 4.78 is 26.9. The van der Waals surface area contributed by atoms with Crippen LogP contribution in [0.2, 0.25) is 0 Å². The summed E-state index contributed by atoms with van der Waals surface area (Å²) in [6.07, 6.45) is 2.18. The normalized spacial score (nSPS) is 11.7. The van der Waals surface area contributed by atoms with E-state index < -0.39 is 10.0 Å². The van der Waals surface area contributed by atoms with Crippen molar-refractivity contribution in [1.29, 1.82) is 0 Å². The predicted molar refractivity (Wildman–Crippen MR) is 77.1 cm³/mol.